The van der Waals surface area contributed by atoms with E-state index >= 15 is 0 Å². The molecule has 0 radical (unpaired) electrons. The van der Waals surface area contributed by atoms with E-state index in [4.69, 9.17) is 0 Å². The Morgan fingerprint density at radius 1 is 1.27 bits per heavy atom. The first-order valence-electron chi connectivity index (χ1n) is 4.20. The molecule has 0 aliphatic carbocycles. The zero-order chi connectivity index (χ0) is 7.52. The van der Waals surface area contributed by atoms with Gasteiger partial charge in [0.25, 0.3) is 0 Å². The summed E-state index contributed by atoms with van der Waals surface area (Å²) >= 11 is 0. The number of aromatic amines is 1. The highest BCUT2D eigenvalue weighted by Gasteiger charge is 2.11. The second-order valence-corrected chi connectivity index (χ2v) is 2.98. The molecule has 3 heteroatoms. The summed E-state index contributed by atoms with van der Waals surface area (Å²) in [5, 5.41) is 0. The summed E-state index contributed by atoms with van der Waals surface area (Å²) in [4.78, 5) is 9.52. The van der Waals surface area contributed by atoms with Gasteiger partial charge in [0.15, 0.2) is 0 Å². The van der Waals surface area contributed by atoms with E-state index in [1.165, 1.54) is 32.4 Å². The molecule has 0 unspecified atom stereocenters. The minimum absolute atomic E-state index is 1.10. The fraction of sp³-hybridized carbons (Fsp3) is 0.625. The van der Waals surface area contributed by atoms with E-state index in [0.29, 0.717) is 0 Å². The van der Waals surface area contributed by atoms with Crippen LogP contribution in [0.2, 0.25) is 0 Å². The van der Waals surface area contributed by atoms with Crippen LogP contribution < -0.4 is 4.90 Å². The van der Waals surface area contributed by atoms with Gasteiger partial charge in [-0.1, -0.05) is 0 Å². The Morgan fingerprint density at radius 2 is 2.09 bits per heavy atom. The minimum atomic E-state index is 1.10. The molecule has 3 nitrogen and oxygen atoms in total. The summed E-state index contributed by atoms with van der Waals surface area (Å²) in [6.07, 6.45) is 7.70. The normalized spacial score (nSPS) is 18.7. The Kier molecular flexibility index (Phi) is 1.79. The summed E-state index contributed by atoms with van der Waals surface area (Å²) in [6, 6.07) is 0. The van der Waals surface area contributed by atoms with Crippen LogP contribution in [-0.4, -0.2) is 23.1 Å². The number of piperidine rings is 1. The van der Waals surface area contributed by atoms with Crippen molar-refractivity contribution in [3.63, 3.8) is 0 Å². The first-order valence-corrected chi connectivity index (χ1v) is 4.20. The average molecular weight is 151 g/mol. The highest BCUT2D eigenvalue weighted by Crippen LogP contribution is 2.15. The minimum Gasteiger partial charge on any atom is -0.355 e. The Balaban J connectivity index is 2.04. The molecule has 0 amide bonds. The van der Waals surface area contributed by atoms with Crippen LogP contribution in [0.1, 0.15) is 19.3 Å². The molecule has 1 fully saturated rings. The maximum absolute atomic E-state index is 4.21. The van der Waals surface area contributed by atoms with E-state index in [1.807, 2.05) is 6.20 Å². The first-order chi connectivity index (χ1) is 5.47. The fourth-order valence-corrected chi connectivity index (χ4v) is 1.55. The van der Waals surface area contributed by atoms with Gasteiger partial charge in [0, 0.05) is 19.3 Å². The molecule has 11 heavy (non-hydrogen) atoms. The van der Waals surface area contributed by atoms with Crippen LogP contribution >= 0.6 is 0 Å². The number of nitrogens with zero attached hydrogens (tertiary/aromatic N) is 2. The maximum Gasteiger partial charge on any atom is 0.146 e. The van der Waals surface area contributed by atoms with Gasteiger partial charge >= 0.3 is 0 Å². The van der Waals surface area contributed by atoms with Gasteiger partial charge in [-0.05, 0) is 19.3 Å². The molecule has 0 aromatic carbocycles. The van der Waals surface area contributed by atoms with Crippen molar-refractivity contribution in [1.82, 2.24) is 9.97 Å². The number of aromatic nitrogens is 2. The van der Waals surface area contributed by atoms with Crippen LogP contribution in [0.5, 0.6) is 0 Å². The van der Waals surface area contributed by atoms with Crippen molar-refractivity contribution in [1.29, 1.82) is 0 Å². The molecular weight excluding hydrogens is 138 g/mol. The monoisotopic (exact) mass is 151 g/mol. The average Bonchev–Trinajstić information content (AvgIpc) is 2.58. The molecule has 1 aromatic rings. The van der Waals surface area contributed by atoms with E-state index in [1.54, 1.807) is 6.33 Å². The fourth-order valence-electron chi connectivity index (χ4n) is 1.55. The van der Waals surface area contributed by atoms with Gasteiger partial charge in [0.2, 0.25) is 0 Å². The predicted octanol–water partition coefficient (Wildman–Crippen LogP) is 1.40. The lowest BCUT2D eigenvalue weighted by Gasteiger charge is -2.26. The van der Waals surface area contributed by atoms with E-state index in [9.17, 15) is 0 Å². The zero-order valence-electron chi connectivity index (χ0n) is 6.58. The van der Waals surface area contributed by atoms with E-state index < -0.39 is 0 Å². The largest absolute Gasteiger partial charge is 0.355 e. The van der Waals surface area contributed by atoms with E-state index in [-0.39, 0.29) is 0 Å². The molecule has 2 heterocycles. The van der Waals surface area contributed by atoms with Crippen LogP contribution in [0, 0.1) is 0 Å². The number of H-pyrrole nitrogens is 1. The molecular formula is C8H13N3. The molecule has 0 saturated carbocycles. The van der Waals surface area contributed by atoms with Gasteiger partial charge in [-0.2, -0.15) is 0 Å². The predicted molar refractivity (Wildman–Crippen MR) is 44.7 cm³/mol. The highest BCUT2D eigenvalue weighted by molar-refractivity contribution is 5.35. The van der Waals surface area contributed by atoms with Gasteiger partial charge in [0.05, 0.1) is 6.33 Å². The lowest BCUT2D eigenvalue weighted by atomic mass is 10.1. The van der Waals surface area contributed by atoms with Gasteiger partial charge < -0.3 is 9.88 Å². The number of nitrogens with one attached hydrogen (secondary N) is 1. The Morgan fingerprint density at radius 3 is 2.73 bits per heavy atom. The standard InChI is InChI=1S/C8H13N3/c1-2-4-11(5-3-1)8-6-9-7-10-8/h6-7H,1-5H2,(H,9,10). The molecule has 1 aliphatic heterocycles. The van der Waals surface area contributed by atoms with Crippen LogP contribution in [0.3, 0.4) is 0 Å². The number of imidazole rings is 1. The molecule has 1 aromatic heterocycles. The van der Waals surface area contributed by atoms with Crippen LogP contribution in [0.15, 0.2) is 12.5 Å². The van der Waals surface area contributed by atoms with Gasteiger partial charge in [-0.15, -0.1) is 0 Å². The van der Waals surface area contributed by atoms with E-state index in [0.717, 1.165) is 5.82 Å². The second kappa shape index (κ2) is 2.95. The van der Waals surface area contributed by atoms with Crippen LogP contribution in [0.4, 0.5) is 5.82 Å². The first kappa shape index (κ1) is 6.70. The number of hydrogen-bond donors (Lipinski definition) is 1. The number of anilines is 1. The molecule has 1 saturated heterocycles. The third-order valence-corrected chi connectivity index (χ3v) is 2.16. The van der Waals surface area contributed by atoms with E-state index in [2.05, 4.69) is 14.9 Å². The Bertz CT molecular complexity index is 199. The highest BCUT2D eigenvalue weighted by atomic mass is 15.2. The van der Waals surface area contributed by atoms with Crippen LogP contribution in [-0.2, 0) is 0 Å². The summed E-state index contributed by atoms with van der Waals surface area (Å²) < 4.78 is 0. The topological polar surface area (TPSA) is 31.9 Å². The van der Waals surface area contributed by atoms with Gasteiger partial charge in [0.1, 0.15) is 5.82 Å². The second-order valence-electron chi connectivity index (χ2n) is 2.98. The Hall–Kier alpha value is -0.990. The molecule has 1 N–H and O–H groups in total. The molecule has 0 spiro atoms. The summed E-state index contributed by atoms with van der Waals surface area (Å²) in [7, 11) is 0. The Labute approximate surface area is 66.4 Å². The van der Waals surface area contributed by atoms with Crippen molar-refractivity contribution in [2.24, 2.45) is 0 Å². The summed E-state index contributed by atoms with van der Waals surface area (Å²) in [5.74, 6) is 1.10. The van der Waals surface area contributed by atoms with Gasteiger partial charge in [-0.25, -0.2) is 4.98 Å². The van der Waals surface area contributed by atoms with Crippen molar-refractivity contribution >= 4 is 5.82 Å². The SMILES string of the molecule is c1nc(N2CCCCC2)c[nH]1. The molecule has 60 valence electrons. The third kappa shape index (κ3) is 1.37. The molecule has 0 bridgehead atoms. The maximum atomic E-state index is 4.21. The zero-order valence-corrected chi connectivity index (χ0v) is 6.58. The van der Waals surface area contributed by atoms with Crippen molar-refractivity contribution in [2.75, 3.05) is 18.0 Å². The third-order valence-electron chi connectivity index (χ3n) is 2.16. The van der Waals surface area contributed by atoms with Crippen molar-refractivity contribution in [2.45, 2.75) is 19.3 Å². The summed E-state index contributed by atoms with van der Waals surface area (Å²) in [5.41, 5.74) is 0. The van der Waals surface area contributed by atoms with Crippen LogP contribution in [0.25, 0.3) is 0 Å². The van der Waals surface area contributed by atoms with Crippen molar-refractivity contribution < 1.29 is 0 Å². The van der Waals surface area contributed by atoms with Gasteiger partial charge in [-0.3, -0.25) is 0 Å². The molecule has 0 atom stereocenters. The lowest BCUT2D eigenvalue weighted by Crippen LogP contribution is -2.29. The van der Waals surface area contributed by atoms with Crippen molar-refractivity contribution in [3.05, 3.63) is 12.5 Å². The number of hydrogen-bond acceptors (Lipinski definition) is 2. The number of rotatable bonds is 1. The molecule has 1 aliphatic rings. The summed E-state index contributed by atoms with van der Waals surface area (Å²) in [6.45, 7) is 2.34. The quantitative estimate of drug-likeness (QED) is 0.658. The smallest absolute Gasteiger partial charge is 0.146 e. The lowest BCUT2D eigenvalue weighted by molar-refractivity contribution is 0.574. The molecule has 2 rings (SSSR count). The van der Waals surface area contributed by atoms with Crippen molar-refractivity contribution in [3.8, 4) is 0 Å².